The predicted molar refractivity (Wildman–Crippen MR) is 233 cm³/mol. The Bertz CT molecular complexity index is 3240. The third-order valence-electron chi connectivity index (χ3n) is 11.2. The maximum atomic E-state index is 5.06. The van der Waals surface area contributed by atoms with Gasteiger partial charge in [-0.25, -0.2) is 15.0 Å². The minimum absolute atomic E-state index is 0.655. The van der Waals surface area contributed by atoms with E-state index in [9.17, 15) is 0 Å². The van der Waals surface area contributed by atoms with Gasteiger partial charge in [-0.05, 0) is 69.1 Å². The van der Waals surface area contributed by atoms with Gasteiger partial charge in [-0.2, -0.15) is 0 Å². The standard InChI is InChI=1S/C51H30N4S/c1-3-14-33(15-4-1)49-52-50(34-16-5-2-6-17-34)54-51(53-49)35-24-28-44-40(30-35)38-20-11-21-39-41(27-29-45(56-44)46(38)39)55-42-25-22-31-12-7-9-18-36(31)47(42)48-37-19-10-8-13-32(37)23-26-43(48)55/h1-30H. The van der Waals surface area contributed by atoms with Crippen molar-refractivity contribution < 1.29 is 0 Å². The van der Waals surface area contributed by atoms with Crippen molar-refractivity contribution in [1.82, 2.24) is 19.5 Å². The van der Waals surface area contributed by atoms with E-state index in [2.05, 4.69) is 150 Å². The number of fused-ring (bicyclic) bond motifs is 9. The topological polar surface area (TPSA) is 43.6 Å². The lowest BCUT2D eigenvalue weighted by atomic mass is 9.95. The smallest absolute Gasteiger partial charge is 0.164 e. The van der Waals surface area contributed by atoms with Gasteiger partial charge in [0.05, 0.1) is 16.7 Å². The van der Waals surface area contributed by atoms with Gasteiger partial charge in [0.25, 0.3) is 0 Å². The van der Waals surface area contributed by atoms with Crippen LogP contribution in [0.2, 0.25) is 0 Å². The highest BCUT2D eigenvalue weighted by Gasteiger charge is 2.24. The molecule has 1 aliphatic rings. The van der Waals surface area contributed by atoms with Gasteiger partial charge < -0.3 is 4.57 Å². The summed E-state index contributed by atoms with van der Waals surface area (Å²) in [5, 5.41) is 10.1. The van der Waals surface area contributed by atoms with Crippen molar-refractivity contribution in [3.05, 3.63) is 182 Å². The molecule has 0 radical (unpaired) electrons. The molecule has 0 aliphatic carbocycles. The van der Waals surface area contributed by atoms with Crippen molar-refractivity contribution in [3.63, 3.8) is 0 Å². The number of hydrogen-bond acceptors (Lipinski definition) is 4. The molecule has 0 unspecified atom stereocenters. The third-order valence-corrected chi connectivity index (χ3v) is 12.3. The third kappa shape index (κ3) is 4.71. The van der Waals surface area contributed by atoms with Crippen LogP contribution < -0.4 is 0 Å². The fourth-order valence-corrected chi connectivity index (χ4v) is 9.81. The van der Waals surface area contributed by atoms with E-state index in [1.807, 2.05) is 48.2 Å². The minimum Gasteiger partial charge on any atom is -0.309 e. The summed E-state index contributed by atoms with van der Waals surface area (Å²) in [6.45, 7) is 0. The van der Waals surface area contributed by atoms with Gasteiger partial charge in [-0.15, -0.1) is 0 Å². The number of benzene rings is 9. The lowest BCUT2D eigenvalue weighted by Gasteiger charge is -2.23. The van der Waals surface area contributed by atoms with Crippen LogP contribution in [0.4, 0.5) is 0 Å². The molecule has 0 N–H and O–H groups in total. The molecular formula is C51H30N4S. The van der Waals surface area contributed by atoms with Crippen LogP contribution in [0.25, 0.3) is 105 Å². The van der Waals surface area contributed by atoms with Gasteiger partial charge in [0, 0.05) is 48.0 Å². The number of hydrogen-bond donors (Lipinski definition) is 0. The number of aromatic nitrogens is 4. The number of nitrogens with zero attached hydrogens (tertiary/aromatic N) is 4. The van der Waals surface area contributed by atoms with Crippen molar-refractivity contribution in [3.8, 4) is 51.0 Å². The first-order valence-corrected chi connectivity index (χ1v) is 19.7. The molecule has 9 aromatic carbocycles. The summed E-state index contributed by atoms with van der Waals surface area (Å²) in [5.74, 6) is 1.97. The molecule has 260 valence electrons. The molecule has 4 nitrogen and oxygen atoms in total. The monoisotopic (exact) mass is 730 g/mol. The largest absolute Gasteiger partial charge is 0.309 e. The zero-order valence-electron chi connectivity index (χ0n) is 30.0. The highest BCUT2D eigenvalue weighted by atomic mass is 32.2. The highest BCUT2D eigenvalue weighted by Crippen LogP contribution is 2.51. The van der Waals surface area contributed by atoms with Crippen molar-refractivity contribution in [1.29, 1.82) is 0 Å². The lowest BCUT2D eigenvalue weighted by Crippen LogP contribution is -2.01. The molecule has 12 rings (SSSR count). The van der Waals surface area contributed by atoms with E-state index < -0.39 is 0 Å². The normalized spacial score (nSPS) is 12.2. The van der Waals surface area contributed by atoms with E-state index in [1.165, 1.54) is 80.7 Å². The first-order chi connectivity index (χ1) is 27.8. The maximum absolute atomic E-state index is 5.06. The van der Waals surface area contributed by atoms with Crippen molar-refractivity contribution in [2.24, 2.45) is 0 Å². The summed E-state index contributed by atoms with van der Waals surface area (Å²) >= 11 is 1.83. The van der Waals surface area contributed by atoms with E-state index in [4.69, 9.17) is 15.0 Å². The Hall–Kier alpha value is -7.08. The van der Waals surface area contributed by atoms with Crippen LogP contribution in [0.5, 0.6) is 0 Å². The summed E-state index contributed by atoms with van der Waals surface area (Å²) < 4.78 is 2.49. The lowest BCUT2D eigenvalue weighted by molar-refractivity contribution is 1.07. The second-order valence-electron chi connectivity index (χ2n) is 14.4. The summed E-state index contributed by atoms with van der Waals surface area (Å²) in [6.07, 6.45) is 0. The highest BCUT2D eigenvalue weighted by molar-refractivity contribution is 7.99. The summed E-state index contributed by atoms with van der Waals surface area (Å²) in [4.78, 5) is 17.5. The molecule has 0 spiro atoms. The summed E-state index contributed by atoms with van der Waals surface area (Å²) in [5.41, 5.74) is 8.86. The summed E-state index contributed by atoms with van der Waals surface area (Å²) in [6, 6.07) is 65.0. The van der Waals surface area contributed by atoms with Gasteiger partial charge in [-0.1, -0.05) is 157 Å². The molecule has 0 bridgehead atoms. The Labute approximate surface area is 326 Å². The fourth-order valence-electron chi connectivity index (χ4n) is 8.70. The number of rotatable bonds is 4. The average Bonchev–Trinajstić information content (AvgIpc) is 3.62. The average molecular weight is 731 g/mol. The van der Waals surface area contributed by atoms with Gasteiger partial charge in [0.15, 0.2) is 17.5 Å². The molecule has 0 saturated carbocycles. The van der Waals surface area contributed by atoms with E-state index in [-0.39, 0.29) is 0 Å². The summed E-state index contributed by atoms with van der Waals surface area (Å²) in [7, 11) is 0. The Kier molecular flexibility index (Phi) is 6.83. The van der Waals surface area contributed by atoms with Crippen molar-refractivity contribution in [2.45, 2.75) is 9.79 Å². The maximum Gasteiger partial charge on any atom is 0.164 e. The van der Waals surface area contributed by atoms with Gasteiger partial charge in [-0.3, -0.25) is 0 Å². The van der Waals surface area contributed by atoms with Crippen LogP contribution >= 0.6 is 11.8 Å². The Morgan fingerprint density at radius 2 is 0.893 bits per heavy atom. The molecule has 3 heterocycles. The molecule has 0 saturated heterocycles. The molecule has 2 aromatic heterocycles. The SMILES string of the molecule is c1ccc(-c2nc(-c3ccccc3)nc(-c3ccc4c(c3)-c3cccc5c(-n6c7ccc8ccccc8c7c7c8ccccc8ccc76)ccc(c35)S4)n2)cc1. The van der Waals surface area contributed by atoms with Crippen LogP contribution in [0.3, 0.4) is 0 Å². The minimum atomic E-state index is 0.655. The molecule has 56 heavy (non-hydrogen) atoms. The predicted octanol–water partition coefficient (Wildman–Crippen LogP) is 13.6. The van der Waals surface area contributed by atoms with E-state index in [1.54, 1.807) is 0 Å². The first kappa shape index (κ1) is 31.3. The second kappa shape index (κ2) is 12.2. The van der Waals surface area contributed by atoms with E-state index >= 15 is 0 Å². The Morgan fingerprint density at radius 3 is 1.52 bits per heavy atom. The van der Waals surface area contributed by atoms with Crippen LogP contribution in [0.15, 0.2) is 192 Å². The molecule has 0 fully saturated rings. The Balaban J connectivity index is 1.08. The van der Waals surface area contributed by atoms with Gasteiger partial charge >= 0.3 is 0 Å². The quantitative estimate of drug-likeness (QED) is 0.181. The zero-order chi connectivity index (χ0) is 36.7. The van der Waals surface area contributed by atoms with Crippen molar-refractivity contribution in [2.75, 3.05) is 0 Å². The van der Waals surface area contributed by atoms with Crippen LogP contribution in [0, 0.1) is 0 Å². The van der Waals surface area contributed by atoms with E-state index in [0.29, 0.717) is 17.5 Å². The first-order valence-electron chi connectivity index (χ1n) is 18.9. The van der Waals surface area contributed by atoms with Crippen LogP contribution in [-0.2, 0) is 0 Å². The molecular weight excluding hydrogens is 701 g/mol. The van der Waals surface area contributed by atoms with Crippen LogP contribution in [0.1, 0.15) is 0 Å². The van der Waals surface area contributed by atoms with Crippen LogP contribution in [-0.4, -0.2) is 19.5 Å². The van der Waals surface area contributed by atoms with Crippen molar-refractivity contribution >= 4 is 65.9 Å². The molecule has 0 amide bonds. The molecule has 5 heteroatoms. The van der Waals surface area contributed by atoms with Gasteiger partial charge in [0.2, 0.25) is 0 Å². The van der Waals surface area contributed by atoms with E-state index in [0.717, 1.165) is 16.7 Å². The molecule has 0 atom stereocenters. The Morgan fingerprint density at radius 1 is 0.357 bits per heavy atom. The fraction of sp³-hybridized carbons (Fsp3) is 0. The molecule has 1 aliphatic heterocycles. The van der Waals surface area contributed by atoms with Gasteiger partial charge in [0.1, 0.15) is 0 Å². The molecule has 11 aromatic rings. The zero-order valence-corrected chi connectivity index (χ0v) is 30.8. The second-order valence-corrected chi connectivity index (χ2v) is 15.4.